The summed E-state index contributed by atoms with van der Waals surface area (Å²) in [5, 5.41) is 0. The first-order chi connectivity index (χ1) is 14.3. The average molecular weight is 431 g/mol. The van der Waals surface area contributed by atoms with Crippen LogP contribution < -0.4 is 4.31 Å². The molecule has 160 valence electrons. The lowest BCUT2D eigenvalue weighted by Gasteiger charge is -2.30. The van der Waals surface area contributed by atoms with Crippen LogP contribution in [0.2, 0.25) is 0 Å². The monoisotopic (exact) mass is 430 g/mol. The number of likely N-dealkylation sites (tertiary alicyclic amines) is 1. The molecule has 2 aromatic rings. The van der Waals surface area contributed by atoms with Gasteiger partial charge in [-0.05, 0) is 42.7 Å². The summed E-state index contributed by atoms with van der Waals surface area (Å²) in [5.41, 5.74) is 1.92. The zero-order valence-corrected chi connectivity index (χ0v) is 18.0. The summed E-state index contributed by atoms with van der Waals surface area (Å²) in [6.45, 7) is 1.20. The zero-order valence-electron chi connectivity index (χ0n) is 17.2. The van der Waals surface area contributed by atoms with Gasteiger partial charge in [0.05, 0.1) is 31.5 Å². The SMILES string of the molecule is COC(=O)C1CCN(C(=O)c2ccc(CN(c3ccccc3)S(C)(=O)=O)cc2)CC1. The van der Waals surface area contributed by atoms with Gasteiger partial charge >= 0.3 is 5.97 Å². The second-order valence-electron chi connectivity index (χ2n) is 7.39. The number of carbonyl (C=O) groups excluding carboxylic acids is 2. The van der Waals surface area contributed by atoms with E-state index in [0.717, 1.165) is 5.56 Å². The smallest absolute Gasteiger partial charge is 0.308 e. The first-order valence-corrected chi connectivity index (χ1v) is 11.6. The number of methoxy groups -OCH3 is 1. The maximum Gasteiger partial charge on any atom is 0.308 e. The Morgan fingerprint density at radius 2 is 1.63 bits per heavy atom. The van der Waals surface area contributed by atoms with Gasteiger partial charge in [0.15, 0.2) is 0 Å². The number of amides is 1. The molecule has 0 saturated carbocycles. The number of piperidine rings is 1. The normalized spacial score (nSPS) is 14.9. The van der Waals surface area contributed by atoms with Gasteiger partial charge < -0.3 is 9.64 Å². The van der Waals surface area contributed by atoms with E-state index >= 15 is 0 Å². The molecule has 1 saturated heterocycles. The van der Waals surface area contributed by atoms with Crippen molar-refractivity contribution in [2.75, 3.05) is 30.8 Å². The van der Waals surface area contributed by atoms with Crippen LogP contribution in [0, 0.1) is 5.92 Å². The topological polar surface area (TPSA) is 84.0 Å². The minimum absolute atomic E-state index is 0.0899. The Morgan fingerprint density at radius 1 is 1.03 bits per heavy atom. The fraction of sp³-hybridized carbons (Fsp3) is 0.364. The summed E-state index contributed by atoms with van der Waals surface area (Å²) >= 11 is 0. The van der Waals surface area contributed by atoms with Gasteiger partial charge in [0.25, 0.3) is 5.91 Å². The highest BCUT2D eigenvalue weighted by Gasteiger charge is 2.28. The molecule has 30 heavy (non-hydrogen) atoms. The number of benzene rings is 2. The second-order valence-corrected chi connectivity index (χ2v) is 9.30. The number of hydrogen-bond acceptors (Lipinski definition) is 5. The number of rotatable bonds is 6. The van der Waals surface area contributed by atoms with Crippen LogP contribution in [0.1, 0.15) is 28.8 Å². The maximum absolute atomic E-state index is 12.8. The Kier molecular flexibility index (Phi) is 6.77. The lowest BCUT2D eigenvalue weighted by Crippen LogP contribution is -2.40. The van der Waals surface area contributed by atoms with Crippen LogP contribution in [0.25, 0.3) is 0 Å². The zero-order chi connectivity index (χ0) is 21.7. The minimum Gasteiger partial charge on any atom is -0.469 e. The van der Waals surface area contributed by atoms with Crippen molar-refractivity contribution in [2.24, 2.45) is 5.92 Å². The molecule has 0 aromatic heterocycles. The highest BCUT2D eigenvalue weighted by molar-refractivity contribution is 7.92. The number of sulfonamides is 1. The molecular formula is C22H26N2O5S. The molecule has 0 spiro atoms. The quantitative estimate of drug-likeness (QED) is 0.658. The van der Waals surface area contributed by atoms with Crippen LogP contribution in [0.4, 0.5) is 5.69 Å². The van der Waals surface area contributed by atoms with Crippen molar-refractivity contribution in [1.82, 2.24) is 4.90 Å². The van der Waals surface area contributed by atoms with Gasteiger partial charge in [-0.3, -0.25) is 13.9 Å². The third-order valence-electron chi connectivity index (χ3n) is 5.29. The molecular weight excluding hydrogens is 404 g/mol. The van der Waals surface area contributed by atoms with E-state index in [1.807, 2.05) is 6.07 Å². The lowest BCUT2D eigenvalue weighted by atomic mass is 9.96. The summed E-state index contributed by atoms with van der Waals surface area (Å²) < 4.78 is 30.6. The third-order valence-corrected chi connectivity index (χ3v) is 6.43. The Bertz CT molecular complexity index is 982. The largest absolute Gasteiger partial charge is 0.469 e. The fourth-order valence-corrected chi connectivity index (χ4v) is 4.47. The summed E-state index contributed by atoms with van der Waals surface area (Å²) in [4.78, 5) is 26.1. The van der Waals surface area contributed by atoms with Crippen LogP contribution in [0.15, 0.2) is 54.6 Å². The van der Waals surface area contributed by atoms with Crippen LogP contribution in [0.5, 0.6) is 0 Å². The van der Waals surface area contributed by atoms with Gasteiger partial charge in [-0.1, -0.05) is 30.3 Å². The van der Waals surface area contributed by atoms with Crippen molar-refractivity contribution in [3.05, 3.63) is 65.7 Å². The predicted molar refractivity (Wildman–Crippen MR) is 115 cm³/mol. The highest BCUT2D eigenvalue weighted by Crippen LogP contribution is 2.22. The molecule has 0 N–H and O–H groups in total. The number of carbonyl (C=O) groups is 2. The van der Waals surface area contributed by atoms with E-state index in [-0.39, 0.29) is 24.3 Å². The van der Waals surface area contributed by atoms with E-state index in [1.54, 1.807) is 53.4 Å². The number of nitrogens with zero attached hydrogens (tertiary/aromatic N) is 2. The second kappa shape index (κ2) is 9.30. The first kappa shape index (κ1) is 21.8. The van der Waals surface area contributed by atoms with Crippen molar-refractivity contribution in [3.8, 4) is 0 Å². The first-order valence-electron chi connectivity index (χ1n) is 9.78. The Morgan fingerprint density at radius 3 is 2.17 bits per heavy atom. The van der Waals surface area contributed by atoms with Crippen LogP contribution >= 0.6 is 0 Å². The van der Waals surface area contributed by atoms with Crippen molar-refractivity contribution in [3.63, 3.8) is 0 Å². The summed E-state index contributed by atoms with van der Waals surface area (Å²) in [6.07, 6.45) is 2.36. The van der Waals surface area contributed by atoms with Crippen LogP contribution in [0.3, 0.4) is 0 Å². The van der Waals surface area contributed by atoms with E-state index in [2.05, 4.69) is 0 Å². The van der Waals surface area contributed by atoms with Gasteiger partial charge in [-0.2, -0.15) is 0 Å². The predicted octanol–water partition coefficient (Wildman–Crippen LogP) is 2.68. The van der Waals surface area contributed by atoms with Gasteiger partial charge in [-0.15, -0.1) is 0 Å². The maximum atomic E-state index is 12.8. The number of para-hydroxylation sites is 1. The van der Waals surface area contributed by atoms with Gasteiger partial charge in [-0.25, -0.2) is 8.42 Å². The Hall–Kier alpha value is -2.87. The molecule has 0 radical (unpaired) electrons. The Labute approximate surface area is 177 Å². The van der Waals surface area contributed by atoms with Crippen molar-refractivity contribution >= 4 is 27.6 Å². The number of ether oxygens (including phenoxy) is 1. The molecule has 0 atom stereocenters. The molecule has 0 aliphatic carbocycles. The third kappa shape index (κ3) is 5.18. The molecule has 2 aromatic carbocycles. The number of esters is 1. The molecule has 0 bridgehead atoms. The van der Waals surface area contributed by atoms with E-state index in [9.17, 15) is 18.0 Å². The fourth-order valence-electron chi connectivity index (χ4n) is 3.58. The molecule has 1 fully saturated rings. The van der Waals surface area contributed by atoms with Gasteiger partial charge in [0, 0.05) is 18.7 Å². The molecule has 1 heterocycles. The van der Waals surface area contributed by atoms with E-state index in [4.69, 9.17) is 4.74 Å². The number of anilines is 1. The molecule has 1 amide bonds. The van der Waals surface area contributed by atoms with Crippen molar-refractivity contribution in [1.29, 1.82) is 0 Å². The minimum atomic E-state index is -3.45. The molecule has 0 unspecified atom stereocenters. The van der Waals surface area contributed by atoms with Crippen LogP contribution in [-0.4, -0.2) is 51.6 Å². The average Bonchev–Trinajstić information content (AvgIpc) is 2.76. The molecule has 8 heteroatoms. The standard InChI is InChI=1S/C22H26N2O5S/c1-29-22(26)19-12-14-23(15-13-19)21(25)18-10-8-17(9-11-18)16-24(30(2,27)28)20-6-4-3-5-7-20/h3-11,19H,12-16H2,1-2H3. The van der Waals surface area contributed by atoms with Crippen molar-refractivity contribution < 1.29 is 22.7 Å². The lowest BCUT2D eigenvalue weighted by molar-refractivity contribution is -0.146. The van der Waals surface area contributed by atoms with Gasteiger partial charge in [0.1, 0.15) is 0 Å². The van der Waals surface area contributed by atoms with Crippen LogP contribution in [-0.2, 0) is 26.1 Å². The molecule has 7 nitrogen and oxygen atoms in total. The molecule has 1 aliphatic rings. The summed E-state index contributed by atoms with van der Waals surface area (Å²) in [5.74, 6) is -0.463. The Balaban J connectivity index is 1.67. The highest BCUT2D eigenvalue weighted by atomic mass is 32.2. The van der Waals surface area contributed by atoms with Crippen molar-refractivity contribution in [2.45, 2.75) is 19.4 Å². The number of hydrogen-bond donors (Lipinski definition) is 0. The molecule has 3 rings (SSSR count). The summed E-state index contributed by atoms with van der Waals surface area (Å²) in [7, 11) is -2.07. The van der Waals surface area contributed by atoms with Gasteiger partial charge in [0.2, 0.25) is 10.0 Å². The summed E-state index contributed by atoms with van der Waals surface area (Å²) in [6, 6.07) is 15.9. The molecule has 1 aliphatic heterocycles. The van der Waals surface area contributed by atoms with E-state index in [1.165, 1.54) is 17.7 Å². The van der Waals surface area contributed by atoms with E-state index < -0.39 is 10.0 Å². The van der Waals surface area contributed by atoms with E-state index in [0.29, 0.717) is 37.2 Å².